The van der Waals surface area contributed by atoms with Crippen molar-refractivity contribution in [3.8, 4) is 0 Å². The van der Waals surface area contributed by atoms with E-state index in [4.69, 9.17) is 4.74 Å². The molecule has 0 radical (unpaired) electrons. The van der Waals surface area contributed by atoms with Gasteiger partial charge < -0.3 is 4.74 Å². The number of halogens is 2. The van der Waals surface area contributed by atoms with E-state index >= 15 is 8.78 Å². The van der Waals surface area contributed by atoms with E-state index in [1.54, 1.807) is 19.1 Å². The Labute approximate surface area is 211 Å². The lowest BCUT2D eigenvalue weighted by Crippen LogP contribution is -2.20. The van der Waals surface area contributed by atoms with Crippen LogP contribution < -0.4 is 0 Å². The van der Waals surface area contributed by atoms with Crippen molar-refractivity contribution in [2.75, 3.05) is 0 Å². The fourth-order valence-corrected chi connectivity index (χ4v) is 6.44. The smallest absolute Gasteiger partial charge is 0.309 e. The van der Waals surface area contributed by atoms with Crippen LogP contribution in [0.5, 0.6) is 0 Å². The number of rotatable bonds is 9. The molecule has 1 unspecified atom stereocenters. The van der Waals surface area contributed by atoms with Gasteiger partial charge in [0.25, 0.3) is 0 Å². The largest absolute Gasteiger partial charge is 0.383 e. The van der Waals surface area contributed by atoms with E-state index in [1.165, 1.54) is 68.9 Å². The van der Waals surface area contributed by atoms with Crippen LogP contribution in [0.2, 0.25) is 0 Å². The molecular formula is C32H44F2O. The molecular weight excluding hydrogens is 438 g/mol. The first-order valence-electron chi connectivity index (χ1n) is 14.2. The Morgan fingerprint density at radius 1 is 0.743 bits per heavy atom. The predicted octanol–water partition coefficient (Wildman–Crippen LogP) is 10.3. The van der Waals surface area contributed by atoms with Gasteiger partial charge in [-0.2, -0.15) is 8.78 Å². The van der Waals surface area contributed by atoms with E-state index in [2.05, 4.69) is 26.0 Å². The van der Waals surface area contributed by atoms with Crippen LogP contribution >= 0.6 is 0 Å². The van der Waals surface area contributed by atoms with E-state index in [1.807, 2.05) is 24.3 Å². The lowest BCUT2D eigenvalue weighted by Gasteiger charge is -2.29. The maximum absolute atomic E-state index is 15.0. The molecule has 2 aromatic carbocycles. The van der Waals surface area contributed by atoms with Crippen LogP contribution in [0.25, 0.3) is 0 Å². The molecule has 2 fully saturated rings. The van der Waals surface area contributed by atoms with Crippen molar-refractivity contribution < 1.29 is 13.5 Å². The molecule has 0 N–H and O–H groups in total. The molecule has 2 saturated carbocycles. The third kappa shape index (κ3) is 6.73. The van der Waals surface area contributed by atoms with Crippen LogP contribution in [0.15, 0.2) is 48.5 Å². The van der Waals surface area contributed by atoms with Crippen molar-refractivity contribution in [3.05, 3.63) is 70.8 Å². The van der Waals surface area contributed by atoms with Gasteiger partial charge in [-0.1, -0.05) is 81.6 Å². The fourth-order valence-electron chi connectivity index (χ4n) is 6.44. The third-order valence-electron chi connectivity index (χ3n) is 8.89. The summed E-state index contributed by atoms with van der Waals surface area (Å²) in [7, 11) is 0. The Kier molecular flexibility index (Phi) is 9.02. The molecule has 192 valence electrons. The summed E-state index contributed by atoms with van der Waals surface area (Å²) in [6.45, 7) is 6.25. The minimum atomic E-state index is -3.31. The Hall–Kier alpha value is -1.74. The lowest BCUT2D eigenvalue weighted by molar-refractivity contribution is -0.272. The summed E-state index contributed by atoms with van der Waals surface area (Å²) >= 11 is 0. The SMILES string of the molecule is CCCC1CCC(c2ccc(C(C)OC(F)(F)c3ccc(C4CCC(CC)CC4)cc3)cc2)CC1. The molecule has 2 aliphatic rings. The van der Waals surface area contributed by atoms with Gasteiger partial charge in [0.15, 0.2) is 0 Å². The van der Waals surface area contributed by atoms with Crippen molar-refractivity contribution in [3.63, 3.8) is 0 Å². The van der Waals surface area contributed by atoms with Gasteiger partial charge in [0.05, 0.1) is 11.7 Å². The van der Waals surface area contributed by atoms with Crippen molar-refractivity contribution in [1.82, 2.24) is 0 Å². The Balaban J connectivity index is 1.32. The fraction of sp³-hybridized carbons (Fsp3) is 0.625. The van der Waals surface area contributed by atoms with Crippen molar-refractivity contribution in [2.24, 2.45) is 11.8 Å². The molecule has 1 nitrogen and oxygen atoms in total. The maximum Gasteiger partial charge on any atom is 0.383 e. The number of alkyl halides is 2. The second kappa shape index (κ2) is 12.0. The van der Waals surface area contributed by atoms with Crippen LogP contribution in [-0.4, -0.2) is 0 Å². The molecule has 0 aliphatic heterocycles. The normalized spacial score (nSPS) is 26.4. The average molecular weight is 483 g/mol. The predicted molar refractivity (Wildman–Crippen MR) is 141 cm³/mol. The van der Waals surface area contributed by atoms with Crippen LogP contribution in [0, 0.1) is 11.8 Å². The summed E-state index contributed by atoms with van der Waals surface area (Å²) < 4.78 is 35.3. The van der Waals surface area contributed by atoms with E-state index < -0.39 is 12.2 Å². The molecule has 0 spiro atoms. The van der Waals surface area contributed by atoms with Gasteiger partial charge in [0, 0.05) is 0 Å². The molecule has 4 rings (SSSR count). The summed E-state index contributed by atoms with van der Waals surface area (Å²) in [5.74, 6) is 2.82. The highest BCUT2D eigenvalue weighted by Gasteiger charge is 2.35. The zero-order valence-electron chi connectivity index (χ0n) is 21.9. The zero-order valence-corrected chi connectivity index (χ0v) is 21.9. The molecule has 35 heavy (non-hydrogen) atoms. The summed E-state index contributed by atoms with van der Waals surface area (Å²) in [4.78, 5) is 0. The first-order chi connectivity index (χ1) is 16.9. The first-order valence-corrected chi connectivity index (χ1v) is 14.2. The third-order valence-corrected chi connectivity index (χ3v) is 8.89. The first kappa shape index (κ1) is 26.3. The van der Waals surface area contributed by atoms with Crippen molar-refractivity contribution in [2.45, 2.75) is 115 Å². The van der Waals surface area contributed by atoms with E-state index in [-0.39, 0.29) is 5.56 Å². The molecule has 0 aromatic heterocycles. The molecule has 0 saturated heterocycles. The zero-order chi connectivity index (χ0) is 24.8. The van der Waals surface area contributed by atoms with Gasteiger partial charge in [-0.25, -0.2) is 0 Å². The molecule has 0 bridgehead atoms. The van der Waals surface area contributed by atoms with E-state index in [0.717, 1.165) is 30.2 Å². The average Bonchev–Trinajstić information content (AvgIpc) is 2.89. The second-order valence-electron chi connectivity index (χ2n) is 11.2. The highest BCUT2D eigenvalue weighted by atomic mass is 19.3. The Morgan fingerprint density at radius 3 is 1.71 bits per heavy atom. The summed E-state index contributed by atoms with van der Waals surface area (Å²) in [6, 6.07) is 15.1. The maximum atomic E-state index is 15.0. The van der Waals surface area contributed by atoms with Crippen LogP contribution in [0.1, 0.15) is 132 Å². The van der Waals surface area contributed by atoms with Gasteiger partial charge in [-0.3, -0.25) is 0 Å². The van der Waals surface area contributed by atoms with Crippen LogP contribution in [-0.2, 0) is 10.8 Å². The number of hydrogen-bond donors (Lipinski definition) is 0. The van der Waals surface area contributed by atoms with Gasteiger partial charge in [0.1, 0.15) is 0 Å². The number of ether oxygens (including phenoxy) is 1. The second-order valence-corrected chi connectivity index (χ2v) is 11.2. The molecule has 0 amide bonds. The summed E-state index contributed by atoms with van der Waals surface area (Å²) in [5, 5.41) is 0. The van der Waals surface area contributed by atoms with E-state index in [0.29, 0.717) is 11.8 Å². The lowest BCUT2D eigenvalue weighted by atomic mass is 9.77. The van der Waals surface area contributed by atoms with Crippen LogP contribution in [0.4, 0.5) is 8.78 Å². The number of hydrogen-bond acceptors (Lipinski definition) is 1. The van der Waals surface area contributed by atoms with E-state index in [9.17, 15) is 0 Å². The Morgan fingerprint density at radius 2 is 1.23 bits per heavy atom. The van der Waals surface area contributed by atoms with Crippen molar-refractivity contribution in [1.29, 1.82) is 0 Å². The molecule has 1 atom stereocenters. The summed E-state index contributed by atoms with van der Waals surface area (Å²) in [5.41, 5.74) is 3.27. The van der Waals surface area contributed by atoms with Gasteiger partial charge in [0.2, 0.25) is 0 Å². The van der Waals surface area contributed by atoms with Gasteiger partial charge in [-0.05, 0) is 98.7 Å². The Bertz CT molecular complexity index is 888. The van der Waals surface area contributed by atoms with Crippen molar-refractivity contribution >= 4 is 0 Å². The molecule has 2 aliphatic carbocycles. The van der Waals surface area contributed by atoms with Crippen LogP contribution in [0.3, 0.4) is 0 Å². The molecule has 3 heteroatoms. The van der Waals surface area contributed by atoms with Gasteiger partial charge >= 0.3 is 6.11 Å². The standard InChI is InChI=1S/C32H44F2O/c1-4-6-25-9-13-28(14-10-25)29-17-15-26(16-18-29)23(3)35-32(33,34)31-21-19-30(20-22-31)27-11-7-24(5-2)8-12-27/h15-25,27-28H,4-14H2,1-3H3. The van der Waals surface area contributed by atoms with Gasteiger partial charge in [-0.15, -0.1) is 0 Å². The minimum Gasteiger partial charge on any atom is -0.309 e. The number of benzene rings is 2. The summed E-state index contributed by atoms with van der Waals surface area (Å²) in [6.07, 6.45) is 9.80. The highest BCUT2D eigenvalue weighted by Crippen LogP contribution is 2.41. The highest BCUT2D eigenvalue weighted by molar-refractivity contribution is 5.29. The molecule has 2 aromatic rings. The topological polar surface area (TPSA) is 9.23 Å². The molecule has 0 heterocycles. The quantitative estimate of drug-likeness (QED) is 0.345. The minimum absolute atomic E-state index is 0.0594. The monoisotopic (exact) mass is 482 g/mol.